The summed E-state index contributed by atoms with van der Waals surface area (Å²) in [7, 11) is 1.59. The molecule has 26 heavy (non-hydrogen) atoms. The molecule has 0 saturated carbocycles. The summed E-state index contributed by atoms with van der Waals surface area (Å²) in [5.41, 5.74) is 5.63. The molecule has 0 aliphatic carbocycles. The van der Waals surface area contributed by atoms with Crippen molar-refractivity contribution in [3.8, 4) is 5.75 Å². The number of rotatable bonds is 5. The van der Waals surface area contributed by atoms with Crippen molar-refractivity contribution in [3.63, 3.8) is 0 Å². The number of benzene rings is 2. The van der Waals surface area contributed by atoms with Crippen LogP contribution in [0.2, 0.25) is 0 Å². The van der Waals surface area contributed by atoms with Crippen LogP contribution in [0, 0.1) is 20.8 Å². The average Bonchev–Trinajstić information content (AvgIpc) is 3.07. The molecular formula is C22H23NO3. The molecular weight excluding hydrogens is 326 g/mol. The van der Waals surface area contributed by atoms with E-state index in [1.807, 2.05) is 24.3 Å². The first kappa shape index (κ1) is 17.8. The van der Waals surface area contributed by atoms with E-state index in [0.29, 0.717) is 23.6 Å². The van der Waals surface area contributed by atoms with E-state index >= 15 is 0 Å². The van der Waals surface area contributed by atoms with Crippen LogP contribution in [-0.4, -0.2) is 13.0 Å². The van der Waals surface area contributed by atoms with Crippen molar-refractivity contribution in [2.75, 3.05) is 12.4 Å². The van der Waals surface area contributed by atoms with Gasteiger partial charge in [0.15, 0.2) is 5.76 Å². The number of anilines is 1. The van der Waals surface area contributed by atoms with Crippen LogP contribution >= 0.6 is 0 Å². The monoisotopic (exact) mass is 349 g/mol. The summed E-state index contributed by atoms with van der Waals surface area (Å²) >= 11 is 0. The highest BCUT2D eigenvalue weighted by Gasteiger charge is 2.14. The molecule has 4 nitrogen and oxygen atoms in total. The first-order chi connectivity index (χ1) is 12.5. The number of nitrogens with one attached hydrogen (secondary N) is 1. The van der Waals surface area contributed by atoms with Gasteiger partial charge in [-0.05, 0) is 61.7 Å². The third-order valence-corrected chi connectivity index (χ3v) is 4.40. The molecule has 3 rings (SSSR count). The minimum absolute atomic E-state index is 0.276. The number of hydrogen-bond donors (Lipinski definition) is 1. The Bertz CT molecular complexity index is 917. The largest absolute Gasteiger partial charge is 0.497 e. The Morgan fingerprint density at radius 3 is 2.46 bits per heavy atom. The Kier molecular flexibility index (Phi) is 5.12. The zero-order chi connectivity index (χ0) is 18.7. The van der Waals surface area contributed by atoms with Gasteiger partial charge in [-0.1, -0.05) is 23.8 Å². The van der Waals surface area contributed by atoms with Crippen molar-refractivity contribution in [2.45, 2.75) is 27.2 Å². The van der Waals surface area contributed by atoms with Crippen molar-refractivity contribution >= 4 is 11.6 Å². The molecule has 0 saturated heterocycles. The highest BCUT2D eigenvalue weighted by atomic mass is 16.5. The van der Waals surface area contributed by atoms with E-state index in [1.165, 1.54) is 22.3 Å². The third-order valence-electron chi connectivity index (χ3n) is 4.40. The molecule has 1 aromatic heterocycles. The van der Waals surface area contributed by atoms with Gasteiger partial charge in [-0.25, -0.2) is 0 Å². The minimum Gasteiger partial charge on any atom is -0.497 e. The third kappa shape index (κ3) is 3.97. The number of amides is 1. The topological polar surface area (TPSA) is 51.5 Å². The number of methoxy groups -OCH3 is 1. The van der Waals surface area contributed by atoms with Crippen molar-refractivity contribution in [3.05, 3.63) is 82.3 Å². The van der Waals surface area contributed by atoms with Crippen LogP contribution in [0.3, 0.4) is 0 Å². The Morgan fingerprint density at radius 1 is 1.04 bits per heavy atom. The van der Waals surface area contributed by atoms with Gasteiger partial charge >= 0.3 is 0 Å². The lowest BCUT2D eigenvalue weighted by Gasteiger charge is -2.10. The zero-order valence-corrected chi connectivity index (χ0v) is 15.6. The predicted molar refractivity (Wildman–Crippen MR) is 103 cm³/mol. The lowest BCUT2D eigenvalue weighted by atomic mass is 9.97. The number of carbonyl (C=O) groups excluding carboxylic acids is 1. The smallest absolute Gasteiger partial charge is 0.291 e. The number of furan rings is 1. The maximum Gasteiger partial charge on any atom is 0.291 e. The van der Waals surface area contributed by atoms with E-state index in [0.717, 1.165) is 5.76 Å². The van der Waals surface area contributed by atoms with Gasteiger partial charge in [0.2, 0.25) is 0 Å². The lowest BCUT2D eigenvalue weighted by Crippen LogP contribution is -2.10. The lowest BCUT2D eigenvalue weighted by molar-refractivity contribution is 0.0995. The molecule has 0 bridgehead atoms. The van der Waals surface area contributed by atoms with Crippen LogP contribution in [-0.2, 0) is 6.42 Å². The highest BCUT2D eigenvalue weighted by Crippen LogP contribution is 2.22. The first-order valence-electron chi connectivity index (χ1n) is 8.57. The van der Waals surface area contributed by atoms with Crippen molar-refractivity contribution in [1.82, 2.24) is 0 Å². The molecule has 4 heteroatoms. The molecule has 0 aliphatic rings. The second-order valence-corrected chi connectivity index (χ2v) is 6.51. The second-order valence-electron chi connectivity index (χ2n) is 6.51. The molecule has 1 N–H and O–H groups in total. The number of carbonyl (C=O) groups is 1. The molecule has 2 aromatic carbocycles. The maximum atomic E-state index is 12.4. The van der Waals surface area contributed by atoms with Gasteiger partial charge in [0.1, 0.15) is 11.5 Å². The molecule has 0 aliphatic heterocycles. The first-order valence-corrected chi connectivity index (χ1v) is 8.57. The molecule has 0 fully saturated rings. The number of ether oxygens (including phenoxy) is 1. The maximum absolute atomic E-state index is 12.4. The number of hydrogen-bond acceptors (Lipinski definition) is 3. The van der Waals surface area contributed by atoms with Crippen molar-refractivity contribution in [2.24, 2.45) is 0 Å². The molecule has 0 atom stereocenters. The average molecular weight is 349 g/mol. The summed E-state index contributed by atoms with van der Waals surface area (Å²) in [6.45, 7) is 6.31. The minimum atomic E-state index is -0.276. The Hall–Kier alpha value is -3.01. The summed E-state index contributed by atoms with van der Waals surface area (Å²) in [6, 6.07) is 15.1. The van der Waals surface area contributed by atoms with Crippen molar-refractivity contribution in [1.29, 1.82) is 0 Å². The van der Waals surface area contributed by atoms with Crippen LogP contribution in [0.15, 0.2) is 52.9 Å². The Labute approximate surface area is 153 Å². The molecule has 0 radical (unpaired) electrons. The normalized spacial score (nSPS) is 10.6. The Morgan fingerprint density at radius 2 is 1.77 bits per heavy atom. The molecule has 0 spiro atoms. The summed E-state index contributed by atoms with van der Waals surface area (Å²) in [5.74, 6) is 1.48. The van der Waals surface area contributed by atoms with Crippen LogP contribution in [0.4, 0.5) is 5.69 Å². The summed E-state index contributed by atoms with van der Waals surface area (Å²) in [4.78, 5) is 12.4. The van der Waals surface area contributed by atoms with Gasteiger partial charge in [0.05, 0.1) is 7.11 Å². The van der Waals surface area contributed by atoms with Crippen LogP contribution < -0.4 is 10.1 Å². The summed E-state index contributed by atoms with van der Waals surface area (Å²) < 4.78 is 10.9. The van der Waals surface area contributed by atoms with Gasteiger partial charge in [-0.15, -0.1) is 0 Å². The SMILES string of the molecule is COc1cccc(NC(=O)c2ccc(Cc3c(C)cc(C)cc3C)o2)c1. The van der Waals surface area contributed by atoms with E-state index in [9.17, 15) is 4.79 Å². The molecule has 0 unspecified atom stereocenters. The summed E-state index contributed by atoms with van der Waals surface area (Å²) in [6.07, 6.45) is 0.671. The quantitative estimate of drug-likeness (QED) is 0.701. The second kappa shape index (κ2) is 7.48. The molecule has 1 amide bonds. The fourth-order valence-electron chi connectivity index (χ4n) is 3.15. The molecule has 3 aromatic rings. The summed E-state index contributed by atoms with van der Waals surface area (Å²) in [5, 5.41) is 2.83. The van der Waals surface area contributed by atoms with Gasteiger partial charge in [-0.3, -0.25) is 4.79 Å². The van der Waals surface area contributed by atoms with Gasteiger partial charge in [0.25, 0.3) is 5.91 Å². The van der Waals surface area contributed by atoms with Gasteiger partial charge < -0.3 is 14.5 Å². The van der Waals surface area contributed by atoms with E-state index in [-0.39, 0.29) is 5.91 Å². The van der Waals surface area contributed by atoms with E-state index < -0.39 is 0 Å². The van der Waals surface area contributed by atoms with Crippen molar-refractivity contribution < 1.29 is 13.9 Å². The zero-order valence-electron chi connectivity index (χ0n) is 15.6. The molecule has 134 valence electrons. The fourth-order valence-corrected chi connectivity index (χ4v) is 3.15. The van der Waals surface area contributed by atoms with E-state index in [2.05, 4.69) is 38.2 Å². The predicted octanol–water partition coefficient (Wildman–Crippen LogP) is 5.06. The van der Waals surface area contributed by atoms with Crippen LogP contribution in [0.5, 0.6) is 5.75 Å². The number of aryl methyl sites for hydroxylation is 3. The van der Waals surface area contributed by atoms with Gasteiger partial charge in [-0.2, -0.15) is 0 Å². The highest BCUT2D eigenvalue weighted by molar-refractivity contribution is 6.02. The molecule has 1 heterocycles. The van der Waals surface area contributed by atoms with Crippen LogP contribution in [0.25, 0.3) is 0 Å². The van der Waals surface area contributed by atoms with E-state index in [1.54, 1.807) is 19.2 Å². The Balaban J connectivity index is 1.74. The fraction of sp³-hybridized carbons (Fsp3) is 0.227. The van der Waals surface area contributed by atoms with E-state index in [4.69, 9.17) is 9.15 Å². The van der Waals surface area contributed by atoms with Crippen LogP contribution in [0.1, 0.15) is 38.6 Å². The standard InChI is InChI=1S/C22H23NO3/c1-14-10-15(2)20(16(3)11-14)13-19-8-9-21(26-19)22(24)23-17-6-5-7-18(12-17)25-4/h5-12H,13H2,1-4H3,(H,23,24). The van der Waals surface area contributed by atoms with Gasteiger partial charge in [0, 0.05) is 18.2 Å².